The fourth-order valence-corrected chi connectivity index (χ4v) is 5.52. The summed E-state index contributed by atoms with van der Waals surface area (Å²) in [7, 11) is 3.28. The maximum Gasteiger partial charge on any atom is 0.264 e. The Morgan fingerprint density at radius 1 is 1.10 bits per heavy atom. The van der Waals surface area contributed by atoms with Crippen LogP contribution in [0.3, 0.4) is 0 Å². The van der Waals surface area contributed by atoms with Crippen LogP contribution in [-0.4, -0.2) is 31.6 Å². The molecule has 1 amide bonds. The molecule has 2 aromatic carbocycles. The Morgan fingerprint density at radius 3 is 2.67 bits per heavy atom. The fourth-order valence-electron chi connectivity index (χ4n) is 4.37. The number of para-hydroxylation sites is 1. The highest BCUT2D eigenvalue weighted by atomic mass is 32.1. The van der Waals surface area contributed by atoms with Gasteiger partial charge in [-0.05, 0) is 54.8 Å². The molecule has 0 aliphatic carbocycles. The Labute approximate surface area is 179 Å². The highest BCUT2D eigenvalue weighted by molar-refractivity contribution is 7.17. The lowest BCUT2D eigenvalue weighted by Gasteiger charge is -2.35. The van der Waals surface area contributed by atoms with Crippen molar-refractivity contribution in [1.82, 2.24) is 4.90 Å². The first-order chi connectivity index (χ1) is 14.6. The van der Waals surface area contributed by atoms with Crippen molar-refractivity contribution in [2.45, 2.75) is 26.0 Å². The standard InChI is InChI=1S/C24H23NO4S/c1-14-18-12-21(28-3)20(27-2)10-15(18)8-9-25(14)24(26)22-11-16-13-29-19-7-5-4-6-17(19)23(16)30-22/h4-7,10-12,14H,8-9,13H2,1-3H3/t14-/m0/s1. The average molecular weight is 422 g/mol. The molecule has 1 atom stereocenters. The number of carbonyl (C=O) groups excluding carboxylic acids is 1. The lowest BCUT2D eigenvalue weighted by molar-refractivity contribution is 0.0682. The molecule has 0 spiro atoms. The number of benzene rings is 2. The van der Waals surface area contributed by atoms with Gasteiger partial charge < -0.3 is 19.1 Å². The van der Waals surface area contributed by atoms with E-state index in [1.54, 1.807) is 25.6 Å². The van der Waals surface area contributed by atoms with E-state index in [1.165, 1.54) is 5.56 Å². The SMILES string of the molecule is COc1cc2c(cc1OC)[C@H](C)N(C(=O)c1cc3c(s1)-c1ccccc1OC3)CC2. The summed E-state index contributed by atoms with van der Waals surface area (Å²) in [4.78, 5) is 17.3. The van der Waals surface area contributed by atoms with E-state index in [0.29, 0.717) is 18.9 Å². The van der Waals surface area contributed by atoms with Crippen molar-refractivity contribution >= 4 is 17.2 Å². The molecule has 0 fully saturated rings. The topological polar surface area (TPSA) is 48.0 Å². The number of ether oxygens (including phenoxy) is 3. The van der Waals surface area contributed by atoms with Crippen LogP contribution in [0.2, 0.25) is 0 Å². The van der Waals surface area contributed by atoms with E-state index in [2.05, 4.69) is 13.0 Å². The van der Waals surface area contributed by atoms with Gasteiger partial charge in [-0.15, -0.1) is 11.3 Å². The fraction of sp³-hybridized carbons (Fsp3) is 0.292. The van der Waals surface area contributed by atoms with Crippen molar-refractivity contribution < 1.29 is 19.0 Å². The predicted molar refractivity (Wildman–Crippen MR) is 117 cm³/mol. The van der Waals surface area contributed by atoms with Crippen molar-refractivity contribution in [2.24, 2.45) is 0 Å². The van der Waals surface area contributed by atoms with E-state index >= 15 is 0 Å². The quantitative estimate of drug-likeness (QED) is 0.591. The molecule has 5 rings (SSSR count). The number of hydrogen-bond donors (Lipinski definition) is 0. The third kappa shape index (κ3) is 2.94. The van der Waals surface area contributed by atoms with Crippen molar-refractivity contribution in [3.8, 4) is 27.7 Å². The highest BCUT2D eigenvalue weighted by Crippen LogP contribution is 2.44. The Hall–Kier alpha value is -2.99. The van der Waals surface area contributed by atoms with Crippen molar-refractivity contribution in [3.05, 3.63) is 64.0 Å². The first-order valence-corrected chi connectivity index (χ1v) is 10.8. The van der Waals surface area contributed by atoms with Gasteiger partial charge in [0.2, 0.25) is 0 Å². The van der Waals surface area contributed by atoms with Crippen LogP contribution >= 0.6 is 11.3 Å². The summed E-state index contributed by atoms with van der Waals surface area (Å²) in [5.74, 6) is 2.37. The molecular formula is C24H23NO4S. The molecule has 30 heavy (non-hydrogen) atoms. The Balaban J connectivity index is 1.47. The van der Waals surface area contributed by atoms with Crippen LogP contribution in [0.15, 0.2) is 42.5 Å². The minimum absolute atomic E-state index is 0.0382. The summed E-state index contributed by atoms with van der Waals surface area (Å²) in [5.41, 5.74) is 4.47. The first kappa shape index (κ1) is 19.0. The van der Waals surface area contributed by atoms with E-state index in [0.717, 1.165) is 44.4 Å². The van der Waals surface area contributed by atoms with Gasteiger partial charge in [-0.2, -0.15) is 0 Å². The number of nitrogens with zero attached hydrogens (tertiary/aromatic N) is 1. The van der Waals surface area contributed by atoms with E-state index in [-0.39, 0.29) is 11.9 Å². The van der Waals surface area contributed by atoms with Crippen LogP contribution in [0.4, 0.5) is 0 Å². The second-order valence-corrected chi connectivity index (χ2v) is 8.63. The normalized spacial score (nSPS) is 16.8. The van der Waals surface area contributed by atoms with Gasteiger partial charge in [-0.1, -0.05) is 12.1 Å². The van der Waals surface area contributed by atoms with Crippen molar-refractivity contribution in [3.63, 3.8) is 0 Å². The molecule has 154 valence electrons. The number of hydrogen-bond acceptors (Lipinski definition) is 5. The summed E-state index contributed by atoms with van der Waals surface area (Å²) >= 11 is 1.56. The van der Waals surface area contributed by atoms with Gasteiger partial charge in [0.15, 0.2) is 11.5 Å². The molecule has 5 nitrogen and oxygen atoms in total. The molecule has 0 unspecified atom stereocenters. The molecule has 0 bridgehead atoms. The molecule has 0 saturated heterocycles. The molecule has 0 radical (unpaired) electrons. The van der Waals surface area contributed by atoms with E-state index in [4.69, 9.17) is 14.2 Å². The van der Waals surface area contributed by atoms with Crippen molar-refractivity contribution in [1.29, 1.82) is 0 Å². The third-order valence-electron chi connectivity index (χ3n) is 5.98. The molecule has 3 aromatic rings. The van der Waals surface area contributed by atoms with E-state index in [9.17, 15) is 4.79 Å². The smallest absolute Gasteiger partial charge is 0.264 e. The van der Waals surface area contributed by atoms with Gasteiger partial charge in [0.1, 0.15) is 12.4 Å². The molecule has 3 heterocycles. The highest BCUT2D eigenvalue weighted by Gasteiger charge is 2.32. The molecule has 6 heteroatoms. The summed E-state index contributed by atoms with van der Waals surface area (Å²) in [6.07, 6.45) is 0.794. The van der Waals surface area contributed by atoms with Crippen LogP contribution in [0.5, 0.6) is 17.2 Å². The van der Waals surface area contributed by atoms with Gasteiger partial charge in [0.25, 0.3) is 5.91 Å². The molecule has 1 aromatic heterocycles. The van der Waals surface area contributed by atoms with E-state index < -0.39 is 0 Å². The van der Waals surface area contributed by atoms with Gasteiger partial charge in [-0.25, -0.2) is 0 Å². The zero-order chi connectivity index (χ0) is 20.8. The molecule has 0 N–H and O–H groups in total. The first-order valence-electron chi connectivity index (χ1n) is 10.0. The molecule has 0 saturated carbocycles. The van der Waals surface area contributed by atoms with Gasteiger partial charge in [-0.3, -0.25) is 4.79 Å². The molecule has 2 aliphatic rings. The van der Waals surface area contributed by atoms with E-state index in [1.807, 2.05) is 41.3 Å². The summed E-state index contributed by atoms with van der Waals surface area (Å²) < 4.78 is 16.8. The average Bonchev–Trinajstić information content (AvgIpc) is 3.23. The largest absolute Gasteiger partial charge is 0.493 e. The third-order valence-corrected chi connectivity index (χ3v) is 7.18. The van der Waals surface area contributed by atoms with Crippen LogP contribution in [0, 0.1) is 0 Å². The number of carbonyl (C=O) groups is 1. The minimum atomic E-state index is -0.0382. The lowest BCUT2D eigenvalue weighted by atomic mass is 9.92. The Morgan fingerprint density at radius 2 is 1.87 bits per heavy atom. The monoisotopic (exact) mass is 421 g/mol. The Kier molecular flexibility index (Phi) is 4.66. The number of fused-ring (bicyclic) bond motifs is 4. The second-order valence-electron chi connectivity index (χ2n) is 7.58. The van der Waals surface area contributed by atoms with Gasteiger partial charge in [0.05, 0.1) is 25.1 Å². The zero-order valence-electron chi connectivity index (χ0n) is 17.2. The zero-order valence-corrected chi connectivity index (χ0v) is 18.0. The maximum absolute atomic E-state index is 13.5. The van der Waals surface area contributed by atoms with Crippen LogP contribution in [-0.2, 0) is 13.0 Å². The van der Waals surface area contributed by atoms with Crippen LogP contribution in [0.1, 0.15) is 39.3 Å². The maximum atomic E-state index is 13.5. The van der Waals surface area contributed by atoms with Crippen molar-refractivity contribution in [2.75, 3.05) is 20.8 Å². The second kappa shape index (κ2) is 7.36. The summed E-state index contributed by atoms with van der Waals surface area (Å²) in [6.45, 7) is 3.26. The molecule has 2 aliphatic heterocycles. The number of rotatable bonds is 3. The number of methoxy groups -OCH3 is 2. The molecular weight excluding hydrogens is 398 g/mol. The Bertz CT molecular complexity index is 1140. The summed E-state index contributed by atoms with van der Waals surface area (Å²) in [5, 5.41) is 0. The number of amides is 1. The number of thiophene rings is 1. The van der Waals surface area contributed by atoms with Gasteiger partial charge >= 0.3 is 0 Å². The van der Waals surface area contributed by atoms with Crippen LogP contribution < -0.4 is 14.2 Å². The van der Waals surface area contributed by atoms with Crippen LogP contribution in [0.25, 0.3) is 10.4 Å². The predicted octanol–water partition coefficient (Wildman–Crippen LogP) is 5.08. The lowest BCUT2D eigenvalue weighted by Crippen LogP contribution is -2.38. The van der Waals surface area contributed by atoms with Gasteiger partial charge in [0, 0.05) is 22.5 Å². The minimum Gasteiger partial charge on any atom is -0.493 e. The summed E-state index contributed by atoms with van der Waals surface area (Å²) in [6, 6.07) is 14.0.